The van der Waals surface area contributed by atoms with E-state index in [1.165, 1.54) is 26.2 Å². The number of halogens is 2. The van der Waals surface area contributed by atoms with Gasteiger partial charge in [0.15, 0.2) is 0 Å². The fourth-order valence-electron chi connectivity index (χ4n) is 2.76. The predicted molar refractivity (Wildman–Crippen MR) is 119 cm³/mol. The zero-order valence-corrected chi connectivity index (χ0v) is 19.4. The maximum atomic E-state index is 12.6. The summed E-state index contributed by atoms with van der Waals surface area (Å²) < 4.78 is 36.4. The van der Waals surface area contributed by atoms with E-state index in [0.29, 0.717) is 16.5 Å². The number of nitrogens with one attached hydrogen (secondary N) is 1. The molecule has 7 nitrogen and oxygen atoms in total. The number of nitrogens with zero attached hydrogens (tertiary/aromatic N) is 1. The van der Waals surface area contributed by atoms with Crippen molar-refractivity contribution in [2.24, 2.45) is 0 Å². The molecule has 30 heavy (non-hydrogen) atoms. The van der Waals surface area contributed by atoms with Crippen LogP contribution in [0.25, 0.3) is 0 Å². The van der Waals surface area contributed by atoms with Gasteiger partial charge in [-0.2, -0.15) is 0 Å². The Morgan fingerprint density at radius 1 is 1.17 bits per heavy atom. The lowest BCUT2D eigenvalue weighted by Gasteiger charge is -2.28. The molecule has 2 aromatic rings. The number of methoxy groups -OCH3 is 1. The Morgan fingerprint density at radius 2 is 1.87 bits per heavy atom. The van der Waals surface area contributed by atoms with Crippen molar-refractivity contribution in [3.05, 3.63) is 52.0 Å². The van der Waals surface area contributed by atoms with Gasteiger partial charge in [-0.25, -0.2) is 8.42 Å². The fourth-order valence-corrected chi connectivity index (χ4v) is 4.34. The van der Waals surface area contributed by atoms with Gasteiger partial charge in [0.05, 0.1) is 30.6 Å². The van der Waals surface area contributed by atoms with Crippen LogP contribution in [0.4, 0.5) is 5.69 Å². The van der Waals surface area contributed by atoms with Crippen molar-refractivity contribution in [1.29, 1.82) is 0 Å². The molecule has 0 aliphatic rings. The fraction of sp³-hybridized carbons (Fsp3) is 0.350. The molecule has 164 valence electrons. The van der Waals surface area contributed by atoms with Gasteiger partial charge in [0.1, 0.15) is 24.1 Å². The third-order valence-electron chi connectivity index (χ3n) is 4.29. The zero-order chi connectivity index (χ0) is 22.5. The molecule has 1 N–H and O–H groups in total. The summed E-state index contributed by atoms with van der Waals surface area (Å²) in [5.74, 6) is 0.510. The van der Waals surface area contributed by atoms with Crippen LogP contribution < -0.4 is 19.1 Å². The molecular weight excluding hydrogens is 451 g/mol. The number of hydrogen-bond acceptors (Lipinski definition) is 5. The van der Waals surface area contributed by atoms with Crippen molar-refractivity contribution < 1.29 is 22.7 Å². The van der Waals surface area contributed by atoms with E-state index in [-0.39, 0.29) is 23.9 Å². The lowest BCUT2D eigenvalue weighted by molar-refractivity contribution is -0.121. The van der Waals surface area contributed by atoms with Crippen molar-refractivity contribution >= 4 is 44.8 Å². The molecule has 1 atom stereocenters. The Balaban J connectivity index is 2.03. The Morgan fingerprint density at radius 3 is 2.43 bits per heavy atom. The van der Waals surface area contributed by atoms with Crippen LogP contribution in [-0.2, 0) is 14.8 Å². The minimum absolute atomic E-state index is 0.190. The second-order valence-corrected chi connectivity index (χ2v) is 9.28. The minimum Gasteiger partial charge on any atom is -0.495 e. The van der Waals surface area contributed by atoms with Gasteiger partial charge in [0.25, 0.3) is 0 Å². The summed E-state index contributed by atoms with van der Waals surface area (Å²) >= 11 is 12.2. The first-order chi connectivity index (χ1) is 14.0. The topological polar surface area (TPSA) is 84.9 Å². The van der Waals surface area contributed by atoms with E-state index in [9.17, 15) is 13.2 Å². The third kappa shape index (κ3) is 6.17. The first-order valence-corrected chi connectivity index (χ1v) is 11.6. The van der Waals surface area contributed by atoms with Crippen molar-refractivity contribution in [2.75, 3.05) is 30.8 Å². The van der Waals surface area contributed by atoms with E-state index in [4.69, 9.17) is 32.7 Å². The van der Waals surface area contributed by atoms with E-state index in [1.54, 1.807) is 18.2 Å². The van der Waals surface area contributed by atoms with Gasteiger partial charge in [-0.3, -0.25) is 9.10 Å². The lowest BCUT2D eigenvalue weighted by Crippen LogP contribution is -2.48. The Hall–Kier alpha value is -2.16. The molecule has 0 saturated carbocycles. The SMILES string of the molecule is COc1ccc(N([C@H](C)C(=O)NCCOc2ccc(C)c(Cl)c2)S(C)(=O)=O)cc1Cl. The Bertz CT molecular complexity index is 1010. The summed E-state index contributed by atoms with van der Waals surface area (Å²) in [5.41, 5.74) is 1.20. The van der Waals surface area contributed by atoms with Gasteiger partial charge in [0, 0.05) is 5.02 Å². The second kappa shape index (κ2) is 10.2. The summed E-state index contributed by atoms with van der Waals surface area (Å²) in [5, 5.41) is 3.50. The average Bonchev–Trinajstić information content (AvgIpc) is 2.67. The number of amides is 1. The molecule has 0 aliphatic carbocycles. The molecule has 0 radical (unpaired) electrons. The van der Waals surface area contributed by atoms with E-state index < -0.39 is 22.0 Å². The maximum absolute atomic E-state index is 12.6. The average molecular weight is 475 g/mol. The molecular formula is C20H24Cl2N2O5S. The van der Waals surface area contributed by atoms with Crippen LogP contribution in [-0.4, -0.2) is 46.9 Å². The van der Waals surface area contributed by atoms with Gasteiger partial charge in [0.2, 0.25) is 15.9 Å². The monoisotopic (exact) mass is 474 g/mol. The van der Waals surface area contributed by atoms with Gasteiger partial charge < -0.3 is 14.8 Å². The molecule has 0 bridgehead atoms. The van der Waals surface area contributed by atoms with Crippen molar-refractivity contribution in [3.8, 4) is 11.5 Å². The molecule has 1 amide bonds. The number of aryl methyl sites for hydroxylation is 1. The van der Waals surface area contributed by atoms with E-state index in [2.05, 4.69) is 5.32 Å². The molecule has 2 aromatic carbocycles. The van der Waals surface area contributed by atoms with Crippen LogP contribution in [0, 0.1) is 6.92 Å². The summed E-state index contributed by atoms with van der Waals surface area (Å²) in [7, 11) is -2.30. The third-order valence-corrected chi connectivity index (χ3v) is 6.24. The second-order valence-electron chi connectivity index (χ2n) is 6.60. The van der Waals surface area contributed by atoms with Gasteiger partial charge >= 0.3 is 0 Å². The largest absolute Gasteiger partial charge is 0.495 e. The number of rotatable bonds is 9. The molecule has 0 unspecified atom stereocenters. The highest BCUT2D eigenvalue weighted by Crippen LogP contribution is 2.31. The predicted octanol–water partition coefficient (Wildman–Crippen LogP) is 3.66. The zero-order valence-electron chi connectivity index (χ0n) is 17.1. The number of hydrogen-bond donors (Lipinski definition) is 1. The highest BCUT2D eigenvalue weighted by molar-refractivity contribution is 7.92. The number of anilines is 1. The summed E-state index contributed by atoms with van der Waals surface area (Å²) in [6.07, 6.45) is 1.03. The molecule has 0 fully saturated rings. The van der Waals surface area contributed by atoms with Crippen molar-refractivity contribution in [2.45, 2.75) is 19.9 Å². The highest BCUT2D eigenvalue weighted by atomic mass is 35.5. The van der Waals surface area contributed by atoms with Gasteiger partial charge in [-0.05, 0) is 49.7 Å². The van der Waals surface area contributed by atoms with Crippen LogP contribution >= 0.6 is 23.2 Å². The van der Waals surface area contributed by atoms with Crippen LogP contribution in [0.1, 0.15) is 12.5 Å². The lowest BCUT2D eigenvalue weighted by atomic mass is 10.2. The normalized spacial score (nSPS) is 12.2. The van der Waals surface area contributed by atoms with Crippen LogP contribution in [0.2, 0.25) is 10.0 Å². The van der Waals surface area contributed by atoms with E-state index in [0.717, 1.165) is 16.1 Å². The maximum Gasteiger partial charge on any atom is 0.243 e. The summed E-state index contributed by atoms with van der Waals surface area (Å²) in [4.78, 5) is 12.6. The number of benzene rings is 2. The molecule has 0 aromatic heterocycles. The van der Waals surface area contributed by atoms with E-state index in [1.807, 2.05) is 13.0 Å². The molecule has 0 heterocycles. The van der Waals surface area contributed by atoms with Crippen LogP contribution in [0.15, 0.2) is 36.4 Å². The summed E-state index contributed by atoms with van der Waals surface area (Å²) in [6.45, 7) is 3.77. The molecule has 10 heteroatoms. The standard InChI is InChI=1S/C20H24Cl2N2O5S/c1-13-5-7-16(12-17(13)21)29-10-9-23-20(25)14(2)24(30(4,26)27)15-6-8-19(28-3)18(22)11-15/h5-8,11-12,14H,9-10H2,1-4H3,(H,23,25)/t14-/m1/s1. The van der Waals surface area contributed by atoms with Crippen molar-refractivity contribution in [3.63, 3.8) is 0 Å². The number of sulfonamides is 1. The Labute approximate surface area is 186 Å². The summed E-state index contributed by atoms with van der Waals surface area (Å²) in [6, 6.07) is 8.82. The molecule has 2 rings (SSSR count). The van der Waals surface area contributed by atoms with Gasteiger partial charge in [-0.15, -0.1) is 0 Å². The number of carbonyl (C=O) groups is 1. The quantitative estimate of drug-likeness (QED) is 0.560. The van der Waals surface area contributed by atoms with Crippen LogP contribution in [0.5, 0.6) is 11.5 Å². The smallest absolute Gasteiger partial charge is 0.243 e. The van der Waals surface area contributed by atoms with Crippen molar-refractivity contribution in [1.82, 2.24) is 5.32 Å². The molecule has 0 spiro atoms. The minimum atomic E-state index is -3.75. The van der Waals surface area contributed by atoms with Gasteiger partial charge in [-0.1, -0.05) is 29.3 Å². The first kappa shape index (κ1) is 24.1. The molecule has 0 saturated heterocycles. The highest BCUT2D eigenvalue weighted by Gasteiger charge is 2.29. The van der Waals surface area contributed by atoms with Crippen LogP contribution in [0.3, 0.4) is 0 Å². The molecule has 0 aliphatic heterocycles. The number of ether oxygens (including phenoxy) is 2. The van der Waals surface area contributed by atoms with E-state index >= 15 is 0 Å². The number of carbonyl (C=O) groups excluding carboxylic acids is 1. The Kier molecular flexibility index (Phi) is 8.23. The first-order valence-electron chi connectivity index (χ1n) is 9.04.